The molecule has 0 radical (unpaired) electrons. The van der Waals surface area contributed by atoms with Crippen LogP contribution in [-0.2, 0) is 0 Å². The van der Waals surface area contributed by atoms with Crippen LogP contribution in [0.25, 0.3) is 11.0 Å². The van der Waals surface area contributed by atoms with Crippen molar-refractivity contribution in [3.05, 3.63) is 35.3 Å². The van der Waals surface area contributed by atoms with Gasteiger partial charge in [-0.3, -0.25) is 9.69 Å². The molecule has 2 aromatic rings. The van der Waals surface area contributed by atoms with Crippen LogP contribution in [0.3, 0.4) is 0 Å². The normalized spacial score (nSPS) is 25.0. The third kappa shape index (κ3) is 2.93. The molecule has 1 aromatic carbocycles. The van der Waals surface area contributed by atoms with E-state index in [4.69, 9.17) is 4.42 Å². The first kappa shape index (κ1) is 16.5. The highest BCUT2D eigenvalue weighted by atomic mass is 19.1. The lowest BCUT2D eigenvalue weighted by molar-refractivity contribution is 0.0302. The lowest BCUT2D eigenvalue weighted by Gasteiger charge is -2.38. The van der Waals surface area contributed by atoms with Gasteiger partial charge in [0.15, 0.2) is 5.76 Å². The molecule has 2 heterocycles. The average molecular weight is 346 g/mol. The van der Waals surface area contributed by atoms with E-state index in [2.05, 4.69) is 4.90 Å². The van der Waals surface area contributed by atoms with Gasteiger partial charge in [-0.05, 0) is 44.4 Å². The van der Waals surface area contributed by atoms with Crippen molar-refractivity contribution in [3.8, 4) is 0 Å². The van der Waals surface area contributed by atoms with Crippen LogP contribution in [0.2, 0.25) is 0 Å². The Hall–Kier alpha value is -1.92. The van der Waals surface area contributed by atoms with Crippen molar-refractivity contribution in [3.63, 3.8) is 0 Å². The Balaban J connectivity index is 1.48. The van der Waals surface area contributed by atoms with E-state index in [9.17, 15) is 14.3 Å². The minimum absolute atomic E-state index is 0.138. The van der Waals surface area contributed by atoms with Crippen molar-refractivity contribution in [1.82, 2.24) is 9.80 Å². The largest absolute Gasteiger partial charge is 0.451 e. The molecule has 2 atom stereocenters. The van der Waals surface area contributed by atoms with E-state index in [0.29, 0.717) is 35.4 Å². The van der Waals surface area contributed by atoms with Crippen molar-refractivity contribution in [2.45, 2.75) is 38.3 Å². The summed E-state index contributed by atoms with van der Waals surface area (Å²) >= 11 is 0. The third-order valence-corrected chi connectivity index (χ3v) is 5.61. The number of carbonyl (C=O) groups excluding carboxylic acids is 1. The van der Waals surface area contributed by atoms with Gasteiger partial charge in [0.2, 0.25) is 0 Å². The number of aliphatic hydroxyl groups excluding tert-OH is 1. The molecule has 1 aliphatic heterocycles. The Morgan fingerprint density at radius 3 is 2.68 bits per heavy atom. The van der Waals surface area contributed by atoms with E-state index in [1.807, 2.05) is 0 Å². The fraction of sp³-hybridized carbons (Fsp3) is 0.526. The minimum atomic E-state index is -0.334. The Morgan fingerprint density at radius 2 is 2.00 bits per heavy atom. The van der Waals surface area contributed by atoms with Crippen LogP contribution < -0.4 is 0 Å². The van der Waals surface area contributed by atoms with Crippen LogP contribution in [0.1, 0.15) is 35.4 Å². The van der Waals surface area contributed by atoms with Crippen LogP contribution in [0.5, 0.6) is 0 Å². The van der Waals surface area contributed by atoms with E-state index in [1.54, 1.807) is 17.9 Å². The number of amides is 1. The van der Waals surface area contributed by atoms with Crippen molar-refractivity contribution >= 4 is 16.9 Å². The quantitative estimate of drug-likeness (QED) is 0.908. The van der Waals surface area contributed by atoms with Crippen molar-refractivity contribution in [2.24, 2.45) is 0 Å². The van der Waals surface area contributed by atoms with Gasteiger partial charge in [-0.15, -0.1) is 0 Å². The minimum Gasteiger partial charge on any atom is -0.451 e. The fourth-order valence-corrected chi connectivity index (χ4v) is 4.14. The summed E-state index contributed by atoms with van der Waals surface area (Å²) in [5.41, 5.74) is 1.23. The second-order valence-corrected chi connectivity index (χ2v) is 7.09. The lowest BCUT2D eigenvalue weighted by atomic mass is 10.1. The monoisotopic (exact) mass is 346 g/mol. The average Bonchev–Trinajstić information content (AvgIpc) is 3.18. The highest BCUT2D eigenvalue weighted by Crippen LogP contribution is 2.28. The fourth-order valence-electron chi connectivity index (χ4n) is 4.14. The summed E-state index contributed by atoms with van der Waals surface area (Å²) in [6.07, 6.45) is 2.73. The standard InChI is InChI=1S/C19H23FN2O3/c1-12-14-11-13(20)5-6-17(14)25-18(12)19(24)22-9-7-21(8-10-22)15-3-2-4-16(15)23/h5-6,11,15-16,23H,2-4,7-10H2,1H3/t15-,16-/m0/s1. The molecule has 1 saturated carbocycles. The molecule has 5 nitrogen and oxygen atoms in total. The number of nitrogens with zero attached hydrogens (tertiary/aromatic N) is 2. The van der Waals surface area contributed by atoms with Gasteiger partial charge in [-0.1, -0.05) is 0 Å². The molecule has 1 amide bonds. The summed E-state index contributed by atoms with van der Waals surface area (Å²) < 4.78 is 19.1. The number of hydrogen-bond donors (Lipinski definition) is 1. The van der Waals surface area contributed by atoms with E-state index in [0.717, 1.165) is 32.4 Å². The number of fused-ring (bicyclic) bond motifs is 1. The van der Waals surface area contributed by atoms with Crippen LogP contribution in [-0.4, -0.2) is 59.1 Å². The van der Waals surface area contributed by atoms with Crippen molar-refractivity contribution in [1.29, 1.82) is 0 Å². The lowest BCUT2D eigenvalue weighted by Crippen LogP contribution is -2.53. The summed E-state index contributed by atoms with van der Waals surface area (Å²) in [6, 6.07) is 4.54. The number of aryl methyl sites for hydroxylation is 1. The molecule has 0 unspecified atom stereocenters. The third-order valence-electron chi connectivity index (χ3n) is 5.61. The van der Waals surface area contributed by atoms with E-state index < -0.39 is 0 Å². The van der Waals surface area contributed by atoms with Gasteiger partial charge >= 0.3 is 0 Å². The highest BCUT2D eigenvalue weighted by Gasteiger charge is 2.34. The molecular formula is C19H23FN2O3. The molecule has 1 aromatic heterocycles. The molecule has 1 aliphatic carbocycles. The molecule has 2 aliphatic rings. The van der Waals surface area contributed by atoms with Crippen molar-refractivity contribution < 1.29 is 18.7 Å². The van der Waals surface area contributed by atoms with Crippen LogP contribution in [0, 0.1) is 12.7 Å². The molecule has 4 rings (SSSR count). The van der Waals surface area contributed by atoms with Crippen LogP contribution in [0.15, 0.2) is 22.6 Å². The number of furan rings is 1. The Morgan fingerprint density at radius 1 is 1.24 bits per heavy atom. The van der Waals surface area contributed by atoms with E-state index in [-0.39, 0.29) is 23.9 Å². The number of aliphatic hydroxyl groups is 1. The molecule has 1 saturated heterocycles. The number of carbonyl (C=O) groups is 1. The summed E-state index contributed by atoms with van der Waals surface area (Å²) in [6.45, 7) is 4.56. The Labute approximate surface area is 146 Å². The molecule has 0 bridgehead atoms. The molecule has 134 valence electrons. The molecular weight excluding hydrogens is 323 g/mol. The number of halogens is 1. The number of hydrogen-bond acceptors (Lipinski definition) is 4. The molecule has 1 N–H and O–H groups in total. The van der Waals surface area contributed by atoms with Gasteiger partial charge in [0.1, 0.15) is 11.4 Å². The first-order valence-corrected chi connectivity index (χ1v) is 8.94. The van der Waals surface area contributed by atoms with Crippen LogP contribution >= 0.6 is 0 Å². The predicted molar refractivity (Wildman–Crippen MR) is 92.0 cm³/mol. The smallest absolute Gasteiger partial charge is 0.289 e. The first-order valence-electron chi connectivity index (χ1n) is 8.94. The SMILES string of the molecule is Cc1c(C(=O)N2CCN([C@H]3CCC[C@@H]3O)CC2)oc2ccc(F)cc12. The first-order chi connectivity index (χ1) is 12.0. The zero-order valence-electron chi connectivity index (χ0n) is 14.4. The van der Waals surface area contributed by atoms with Gasteiger partial charge in [0, 0.05) is 43.2 Å². The topological polar surface area (TPSA) is 56.9 Å². The summed E-state index contributed by atoms with van der Waals surface area (Å²) in [4.78, 5) is 16.9. The van der Waals surface area contributed by atoms with Crippen molar-refractivity contribution in [2.75, 3.05) is 26.2 Å². The maximum atomic E-state index is 13.4. The maximum Gasteiger partial charge on any atom is 0.289 e. The number of benzene rings is 1. The highest BCUT2D eigenvalue weighted by molar-refractivity contribution is 5.99. The number of piperazine rings is 1. The van der Waals surface area contributed by atoms with Gasteiger partial charge in [0.05, 0.1) is 6.10 Å². The predicted octanol–water partition coefficient (Wildman–Crippen LogP) is 2.55. The second-order valence-electron chi connectivity index (χ2n) is 7.09. The van der Waals surface area contributed by atoms with Gasteiger partial charge in [-0.25, -0.2) is 4.39 Å². The molecule has 25 heavy (non-hydrogen) atoms. The summed E-state index contributed by atoms with van der Waals surface area (Å²) in [7, 11) is 0. The summed E-state index contributed by atoms with van der Waals surface area (Å²) in [5, 5.41) is 10.7. The second kappa shape index (κ2) is 6.42. The van der Waals surface area contributed by atoms with E-state index >= 15 is 0 Å². The van der Waals surface area contributed by atoms with Gasteiger partial charge < -0.3 is 14.4 Å². The zero-order chi connectivity index (χ0) is 17.6. The Kier molecular flexibility index (Phi) is 4.25. The van der Waals surface area contributed by atoms with Gasteiger partial charge in [0.25, 0.3) is 5.91 Å². The molecule has 2 fully saturated rings. The van der Waals surface area contributed by atoms with Gasteiger partial charge in [-0.2, -0.15) is 0 Å². The zero-order valence-corrected chi connectivity index (χ0v) is 14.4. The molecule has 0 spiro atoms. The van der Waals surface area contributed by atoms with Crippen LogP contribution in [0.4, 0.5) is 4.39 Å². The van der Waals surface area contributed by atoms with E-state index in [1.165, 1.54) is 12.1 Å². The summed E-state index contributed by atoms with van der Waals surface area (Å²) in [5.74, 6) is -0.171. The maximum absolute atomic E-state index is 13.4. The Bertz CT molecular complexity index is 795. The number of rotatable bonds is 2. The molecule has 6 heteroatoms.